The van der Waals surface area contributed by atoms with Crippen LogP contribution in [0.4, 0.5) is 4.39 Å². The summed E-state index contributed by atoms with van der Waals surface area (Å²) in [5.74, 6) is -0.284. The van der Waals surface area contributed by atoms with Gasteiger partial charge in [0.15, 0.2) is 0 Å². The second-order valence-corrected chi connectivity index (χ2v) is 8.64. The highest BCUT2D eigenvalue weighted by Gasteiger charge is 2.43. The van der Waals surface area contributed by atoms with Crippen molar-refractivity contribution >= 4 is 23.7 Å². The third-order valence-electron chi connectivity index (χ3n) is 5.71. The number of rotatable bonds is 3. The van der Waals surface area contributed by atoms with Crippen molar-refractivity contribution in [1.29, 1.82) is 0 Å². The van der Waals surface area contributed by atoms with Gasteiger partial charge in [0.1, 0.15) is 17.5 Å². The Morgan fingerprint density at radius 2 is 2.03 bits per heavy atom. The number of hydrogen-bond donors (Lipinski definition) is 1. The van der Waals surface area contributed by atoms with E-state index in [-0.39, 0.29) is 23.8 Å². The highest BCUT2D eigenvalue weighted by Crippen LogP contribution is 2.44. The van der Waals surface area contributed by atoms with Crippen LogP contribution in [0.25, 0.3) is 0 Å². The second-order valence-electron chi connectivity index (χ2n) is 7.72. The monoisotopic (exact) mass is 434 g/mol. The number of thiophene rings is 1. The summed E-state index contributed by atoms with van der Waals surface area (Å²) in [7, 11) is 3.72. The molecule has 2 aliphatic rings. The molecule has 8 heteroatoms. The lowest BCUT2D eigenvalue weighted by atomic mass is 9.85. The number of carboxylic acid groups (broad SMARTS) is 1. The van der Waals surface area contributed by atoms with Gasteiger partial charge >= 0.3 is 0 Å². The third kappa shape index (κ3) is 4.55. The fourth-order valence-electron chi connectivity index (χ4n) is 4.33. The van der Waals surface area contributed by atoms with Gasteiger partial charge in [-0.1, -0.05) is 12.1 Å². The fraction of sp³-hybridized carbons (Fsp3) is 0.455. The lowest BCUT2D eigenvalue weighted by molar-refractivity contribution is -0.145. The van der Waals surface area contributed by atoms with Gasteiger partial charge in [-0.15, -0.1) is 11.3 Å². The normalized spacial score (nSPS) is 18.3. The minimum Gasteiger partial charge on any atom is -0.483 e. The van der Waals surface area contributed by atoms with Crippen molar-refractivity contribution in [2.24, 2.45) is 0 Å². The first-order valence-corrected chi connectivity index (χ1v) is 10.8. The lowest BCUT2D eigenvalue weighted by Crippen LogP contribution is -2.50. The number of nitrogens with zero attached hydrogens (tertiary/aromatic N) is 2. The Kier molecular flexibility index (Phi) is 7.23. The number of likely N-dealkylation sites (N-methyl/N-ethyl adjacent to an activating group) is 1. The van der Waals surface area contributed by atoms with E-state index in [9.17, 15) is 9.18 Å². The number of hydrogen-bond acceptors (Lipinski definition) is 5. The van der Waals surface area contributed by atoms with Crippen LogP contribution in [0.5, 0.6) is 0 Å². The van der Waals surface area contributed by atoms with Gasteiger partial charge in [-0.05, 0) is 68.1 Å². The van der Waals surface area contributed by atoms with Crippen LogP contribution in [-0.4, -0.2) is 61.1 Å². The zero-order valence-electron chi connectivity index (χ0n) is 17.2. The Labute approximate surface area is 179 Å². The Balaban J connectivity index is 0.000000806. The maximum Gasteiger partial charge on any atom is 0.290 e. The molecule has 1 aromatic heterocycles. The Hall–Kier alpha value is -2.29. The van der Waals surface area contributed by atoms with E-state index in [1.165, 1.54) is 22.6 Å². The predicted octanol–water partition coefficient (Wildman–Crippen LogP) is 3.28. The van der Waals surface area contributed by atoms with Crippen molar-refractivity contribution in [1.82, 2.24) is 9.80 Å². The summed E-state index contributed by atoms with van der Waals surface area (Å²) in [4.78, 5) is 26.7. The van der Waals surface area contributed by atoms with Crippen molar-refractivity contribution in [2.45, 2.75) is 30.9 Å². The predicted molar refractivity (Wildman–Crippen MR) is 113 cm³/mol. The summed E-state index contributed by atoms with van der Waals surface area (Å²) in [6, 6.07) is 8.07. The molecule has 6 nitrogen and oxygen atoms in total. The summed E-state index contributed by atoms with van der Waals surface area (Å²) in [5.41, 5.74) is 1.86. The maximum absolute atomic E-state index is 13.7. The van der Waals surface area contributed by atoms with Crippen LogP contribution < -0.4 is 0 Å². The second kappa shape index (κ2) is 9.68. The number of halogens is 1. The third-order valence-corrected chi connectivity index (χ3v) is 6.85. The van der Waals surface area contributed by atoms with E-state index in [0.717, 1.165) is 25.9 Å². The zero-order chi connectivity index (χ0) is 21.7. The van der Waals surface area contributed by atoms with Crippen molar-refractivity contribution in [3.05, 3.63) is 57.5 Å². The molecule has 1 atom stereocenters. The number of piperidine rings is 1. The van der Waals surface area contributed by atoms with Crippen molar-refractivity contribution in [3.8, 4) is 0 Å². The molecule has 0 saturated carbocycles. The number of likely N-dealkylation sites (tertiary alicyclic amines) is 1. The molecule has 2 aliphatic heterocycles. The fourth-order valence-corrected chi connectivity index (χ4v) is 5.49. The molecular weight excluding hydrogens is 407 g/mol. The molecule has 162 valence electrons. The van der Waals surface area contributed by atoms with Crippen molar-refractivity contribution < 1.29 is 23.8 Å². The quantitative estimate of drug-likeness (QED) is 0.751. The van der Waals surface area contributed by atoms with E-state index in [2.05, 4.69) is 11.4 Å². The molecule has 1 fully saturated rings. The summed E-state index contributed by atoms with van der Waals surface area (Å²) < 4.78 is 19.9. The maximum atomic E-state index is 13.7. The van der Waals surface area contributed by atoms with Crippen LogP contribution in [0.1, 0.15) is 34.9 Å². The topological polar surface area (TPSA) is 70.1 Å². The van der Waals surface area contributed by atoms with E-state index in [0.29, 0.717) is 18.7 Å². The first-order valence-electron chi connectivity index (χ1n) is 9.91. The Morgan fingerprint density at radius 1 is 1.33 bits per heavy atom. The minimum absolute atomic E-state index is 0.0302. The Morgan fingerprint density at radius 3 is 2.67 bits per heavy atom. The molecule has 4 rings (SSSR count). The largest absolute Gasteiger partial charge is 0.483 e. The van der Waals surface area contributed by atoms with Crippen LogP contribution in [0.3, 0.4) is 0 Å². The number of carbonyl (C=O) groups excluding carboxylic acids is 1. The van der Waals surface area contributed by atoms with E-state index >= 15 is 0 Å². The molecule has 2 aromatic rings. The molecule has 1 unspecified atom stereocenters. The van der Waals surface area contributed by atoms with Crippen LogP contribution in [0.15, 0.2) is 35.7 Å². The molecule has 1 spiro atoms. The molecule has 1 aromatic carbocycles. The zero-order valence-corrected chi connectivity index (χ0v) is 18.0. The molecule has 0 bridgehead atoms. The standard InChI is InChI=1S/C21H25FN2O2S.CH2O2/c1-23(2)18(16-4-3-5-17(22)14-16)20(25)24-10-8-21(9-11-24)19-15(6-12-26-21)7-13-27-19;2-1-3/h3-5,7,13-14,18H,6,8-12H2,1-2H3;1H,(H,2,3). The van der Waals surface area contributed by atoms with E-state index in [4.69, 9.17) is 14.6 Å². The first-order chi connectivity index (χ1) is 14.4. The lowest BCUT2D eigenvalue weighted by Gasteiger charge is -2.44. The van der Waals surface area contributed by atoms with Gasteiger partial charge in [0.25, 0.3) is 6.47 Å². The average Bonchev–Trinajstić information content (AvgIpc) is 3.20. The number of amides is 1. The molecule has 0 radical (unpaired) electrons. The van der Waals surface area contributed by atoms with Gasteiger partial charge in [-0.3, -0.25) is 14.5 Å². The van der Waals surface area contributed by atoms with Gasteiger partial charge in [0.2, 0.25) is 5.91 Å². The number of ether oxygens (including phenoxy) is 1. The summed E-state index contributed by atoms with van der Waals surface area (Å²) >= 11 is 1.77. The number of fused-ring (bicyclic) bond motifs is 2. The smallest absolute Gasteiger partial charge is 0.290 e. The Bertz CT molecular complexity index is 878. The SMILES string of the molecule is CN(C)C(C(=O)N1CCC2(CC1)OCCc1ccsc12)c1cccc(F)c1.O=CO. The summed E-state index contributed by atoms with van der Waals surface area (Å²) in [6.07, 6.45) is 2.61. The van der Waals surface area contributed by atoms with Gasteiger partial charge in [-0.2, -0.15) is 0 Å². The molecule has 0 aliphatic carbocycles. The van der Waals surface area contributed by atoms with Gasteiger partial charge in [0, 0.05) is 18.0 Å². The molecule has 1 N–H and O–H groups in total. The van der Waals surface area contributed by atoms with E-state index in [1.54, 1.807) is 17.4 Å². The van der Waals surface area contributed by atoms with Crippen LogP contribution in [0, 0.1) is 5.82 Å². The molecule has 3 heterocycles. The van der Waals surface area contributed by atoms with Gasteiger partial charge < -0.3 is 14.7 Å². The van der Waals surface area contributed by atoms with Gasteiger partial charge in [0.05, 0.1) is 6.61 Å². The van der Waals surface area contributed by atoms with Crippen molar-refractivity contribution in [2.75, 3.05) is 33.8 Å². The highest BCUT2D eigenvalue weighted by molar-refractivity contribution is 7.10. The minimum atomic E-state index is -0.473. The molecule has 1 amide bonds. The number of carbonyl (C=O) groups is 2. The molecule has 30 heavy (non-hydrogen) atoms. The van der Waals surface area contributed by atoms with Crippen LogP contribution >= 0.6 is 11.3 Å². The highest BCUT2D eigenvalue weighted by atomic mass is 32.1. The average molecular weight is 435 g/mol. The van der Waals surface area contributed by atoms with Crippen molar-refractivity contribution in [3.63, 3.8) is 0 Å². The molecular formula is C22H27FN2O4S. The number of benzene rings is 1. The molecule has 1 saturated heterocycles. The van der Waals surface area contributed by atoms with Gasteiger partial charge in [-0.25, -0.2) is 4.39 Å². The van der Waals surface area contributed by atoms with E-state index in [1.807, 2.05) is 30.0 Å². The summed E-state index contributed by atoms with van der Waals surface area (Å²) in [5, 5.41) is 9.03. The van der Waals surface area contributed by atoms with Crippen LogP contribution in [0.2, 0.25) is 0 Å². The first kappa shape index (κ1) is 22.4. The van der Waals surface area contributed by atoms with E-state index < -0.39 is 6.04 Å². The van der Waals surface area contributed by atoms with Crippen LogP contribution in [-0.2, 0) is 26.3 Å². The summed E-state index contributed by atoms with van der Waals surface area (Å²) in [6.45, 7) is 1.83.